The fourth-order valence-electron chi connectivity index (χ4n) is 3.89. The summed E-state index contributed by atoms with van der Waals surface area (Å²) < 4.78 is 7.56. The monoisotopic (exact) mass is 411 g/mol. The largest absolute Gasteiger partial charge is 0.341 e. The van der Waals surface area contributed by atoms with Gasteiger partial charge in [0.2, 0.25) is 17.6 Å². The Hall–Kier alpha value is -4.00. The molecule has 0 aliphatic heterocycles. The normalized spacial score (nSPS) is 11.3. The molecular weight excluding hydrogens is 390 g/mol. The number of aryl methyl sites for hydroxylation is 2. The molecule has 154 valence electrons. The summed E-state index contributed by atoms with van der Waals surface area (Å²) in [5.74, 6) is 0.834. The van der Waals surface area contributed by atoms with Crippen molar-refractivity contribution in [2.24, 2.45) is 0 Å². The van der Waals surface area contributed by atoms with Gasteiger partial charge >= 0.3 is 0 Å². The van der Waals surface area contributed by atoms with Crippen molar-refractivity contribution >= 4 is 33.4 Å². The van der Waals surface area contributed by atoms with Crippen LogP contribution in [0.1, 0.15) is 19.2 Å². The number of anilines is 1. The molecule has 0 atom stereocenters. The number of para-hydroxylation sites is 1. The molecule has 0 unspecified atom stereocenters. The van der Waals surface area contributed by atoms with Crippen LogP contribution in [0.15, 0.2) is 71.5 Å². The maximum atomic E-state index is 12.5. The second-order valence-corrected chi connectivity index (χ2v) is 7.29. The summed E-state index contributed by atoms with van der Waals surface area (Å²) in [6.45, 7) is 3.03. The zero-order chi connectivity index (χ0) is 21.2. The summed E-state index contributed by atoms with van der Waals surface area (Å²) >= 11 is 0. The standard InChI is InChI=1S/C24H21N5O2/c1-2-29-20-6-4-3-5-18(20)19-15-17(7-8-21(19)29)26-22(30)9-10-23-27-24(28-31-23)16-11-13-25-14-12-16/h3-8,11-15H,2,9-10H2,1H3,(H,26,30). The van der Waals surface area contributed by atoms with Gasteiger partial charge in [0.25, 0.3) is 0 Å². The summed E-state index contributed by atoms with van der Waals surface area (Å²) in [7, 11) is 0. The maximum absolute atomic E-state index is 12.5. The van der Waals surface area contributed by atoms with E-state index in [-0.39, 0.29) is 12.3 Å². The second-order valence-electron chi connectivity index (χ2n) is 7.29. The second kappa shape index (κ2) is 8.02. The fourth-order valence-corrected chi connectivity index (χ4v) is 3.89. The van der Waals surface area contributed by atoms with Crippen LogP contribution in [-0.4, -0.2) is 25.6 Å². The number of aromatic nitrogens is 4. The summed E-state index contributed by atoms with van der Waals surface area (Å²) in [5, 5.41) is 9.28. The molecule has 3 heterocycles. The minimum atomic E-state index is -0.0951. The van der Waals surface area contributed by atoms with Crippen LogP contribution < -0.4 is 5.32 Å². The van der Waals surface area contributed by atoms with Crippen molar-refractivity contribution in [3.05, 3.63) is 72.9 Å². The quantitative estimate of drug-likeness (QED) is 0.432. The lowest BCUT2D eigenvalue weighted by molar-refractivity contribution is -0.116. The van der Waals surface area contributed by atoms with Crippen LogP contribution in [-0.2, 0) is 17.8 Å². The van der Waals surface area contributed by atoms with E-state index in [1.807, 2.05) is 36.4 Å². The van der Waals surface area contributed by atoms with Crippen molar-refractivity contribution in [1.82, 2.24) is 19.7 Å². The molecule has 0 radical (unpaired) electrons. The number of hydrogen-bond donors (Lipinski definition) is 1. The Morgan fingerprint density at radius 2 is 1.84 bits per heavy atom. The van der Waals surface area contributed by atoms with E-state index in [2.05, 4.69) is 50.1 Å². The van der Waals surface area contributed by atoms with Crippen molar-refractivity contribution in [1.29, 1.82) is 0 Å². The number of amides is 1. The molecule has 0 saturated heterocycles. The first-order chi connectivity index (χ1) is 15.2. The van der Waals surface area contributed by atoms with Crippen LogP contribution in [0.4, 0.5) is 5.69 Å². The van der Waals surface area contributed by atoms with E-state index in [1.54, 1.807) is 12.4 Å². The number of benzene rings is 2. The van der Waals surface area contributed by atoms with Gasteiger partial charge in [-0.3, -0.25) is 9.78 Å². The van der Waals surface area contributed by atoms with E-state index in [1.165, 1.54) is 10.9 Å². The number of nitrogens with one attached hydrogen (secondary N) is 1. The van der Waals surface area contributed by atoms with Crippen LogP contribution in [0, 0.1) is 0 Å². The van der Waals surface area contributed by atoms with Crippen molar-refractivity contribution < 1.29 is 9.32 Å². The molecular formula is C24H21N5O2. The molecule has 1 amide bonds. The van der Waals surface area contributed by atoms with Crippen LogP contribution in [0.5, 0.6) is 0 Å². The Bertz CT molecular complexity index is 1370. The highest BCUT2D eigenvalue weighted by molar-refractivity contribution is 6.09. The molecule has 5 aromatic rings. The number of rotatable bonds is 6. The Kier molecular flexibility index (Phi) is 4.92. The fraction of sp³-hybridized carbons (Fsp3) is 0.167. The van der Waals surface area contributed by atoms with E-state index in [9.17, 15) is 4.79 Å². The molecule has 2 aromatic carbocycles. The third kappa shape index (κ3) is 3.66. The lowest BCUT2D eigenvalue weighted by Gasteiger charge is -2.06. The summed E-state index contributed by atoms with van der Waals surface area (Å²) in [4.78, 5) is 20.8. The highest BCUT2D eigenvalue weighted by atomic mass is 16.5. The van der Waals surface area contributed by atoms with Gasteiger partial charge < -0.3 is 14.4 Å². The highest BCUT2D eigenvalue weighted by Crippen LogP contribution is 2.31. The molecule has 31 heavy (non-hydrogen) atoms. The number of carbonyl (C=O) groups is 1. The molecule has 3 aromatic heterocycles. The Balaban J connectivity index is 1.30. The van der Waals surface area contributed by atoms with Crippen molar-refractivity contribution in [3.8, 4) is 11.4 Å². The molecule has 0 saturated carbocycles. The van der Waals surface area contributed by atoms with Gasteiger partial charge in [0.1, 0.15) is 0 Å². The molecule has 0 aliphatic carbocycles. The van der Waals surface area contributed by atoms with Crippen LogP contribution in [0.3, 0.4) is 0 Å². The first-order valence-electron chi connectivity index (χ1n) is 10.3. The van der Waals surface area contributed by atoms with Gasteiger partial charge in [-0.25, -0.2) is 0 Å². The number of nitrogens with zero attached hydrogens (tertiary/aromatic N) is 4. The topological polar surface area (TPSA) is 85.8 Å². The van der Waals surface area contributed by atoms with Gasteiger partial charge in [0.05, 0.1) is 0 Å². The first-order valence-corrected chi connectivity index (χ1v) is 10.3. The summed E-state index contributed by atoms with van der Waals surface area (Å²) in [6.07, 6.45) is 3.98. The molecule has 5 rings (SSSR count). The third-order valence-electron chi connectivity index (χ3n) is 5.34. The number of carbonyl (C=O) groups excluding carboxylic acids is 1. The molecule has 0 fully saturated rings. The van der Waals surface area contributed by atoms with Crippen LogP contribution >= 0.6 is 0 Å². The van der Waals surface area contributed by atoms with Gasteiger partial charge in [-0.2, -0.15) is 4.98 Å². The SMILES string of the molecule is CCn1c2ccccc2c2cc(NC(=O)CCc3nc(-c4ccncc4)no3)ccc21. The minimum Gasteiger partial charge on any atom is -0.341 e. The first kappa shape index (κ1) is 19.0. The summed E-state index contributed by atoms with van der Waals surface area (Å²) in [5.41, 5.74) is 3.97. The van der Waals surface area contributed by atoms with Gasteiger partial charge in [-0.05, 0) is 43.3 Å². The highest BCUT2D eigenvalue weighted by Gasteiger charge is 2.13. The van der Waals surface area contributed by atoms with E-state index >= 15 is 0 Å². The number of hydrogen-bond acceptors (Lipinski definition) is 5. The predicted octanol–water partition coefficient (Wildman–Crippen LogP) is 4.83. The molecule has 0 spiro atoms. The van der Waals surface area contributed by atoms with E-state index in [0.717, 1.165) is 28.7 Å². The van der Waals surface area contributed by atoms with Crippen LogP contribution in [0.25, 0.3) is 33.2 Å². The van der Waals surface area contributed by atoms with Crippen LogP contribution in [0.2, 0.25) is 0 Å². The van der Waals surface area contributed by atoms with Gasteiger partial charge in [-0.1, -0.05) is 23.4 Å². The van der Waals surface area contributed by atoms with Crippen molar-refractivity contribution in [2.45, 2.75) is 26.3 Å². The Morgan fingerprint density at radius 1 is 1.03 bits per heavy atom. The molecule has 7 heteroatoms. The summed E-state index contributed by atoms with van der Waals surface area (Å²) in [6, 6.07) is 18.0. The minimum absolute atomic E-state index is 0.0951. The average Bonchev–Trinajstić information content (AvgIpc) is 3.41. The number of pyridine rings is 1. The third-order valence-corrected chi connectivity index (χ3v) is 5.34. The molecule has 0 bridgehead atoms. The maximum Gasteiger partial charge on any atom is 0.227 e. The molecule has 0 aliphatic rings. The Labute approximate surface area is 178 Å². The zero-order valence-electron chi connectivity index (χ0n) is 17.1. The average molecular weight is 411 g/mol. The smallest absolute Gasteiger partial charge is 0.227 e. The van der Waals surface area contributed by atoms with Gasteiger partial charge in [-0.15, -0.1) is 0 Å². The van der Waals surface area contributed by atoms with E-state index in [4.69, 9.17) is 4.52 Å². The van der Waals surface area contributed by atoms with Crippen molar-refractivity contribution in [2.75, 3.05) is 5.32 Å². The zero-order valence-corrected chi connectivity index (χ0v) is 17.1. The van der Waals surface area contributed by atoms with Gasteiger partial charge in [0, 0.05) is 64.8 Å². The molecule has 1 N–H and O–H groups in total. The van der Waals surface area contributed by atoms with Crippen molar-refractivity contribution in [3.63, 3.8) is 0 Å². The number of fused-ring (bicyclic) bond motifs is 3. The van der Waals surface area contributed by atoms with E-state index in [0.29, 0.717) is 18.1 Å². The predicted molar refractivity (Wildman–Crippen MR) is 120 cm³/mol. The lowest BCUT2D eigenvalue weighted by atomic mass is 10.1. The van der Waals surface area contributed by atoms with E-state index < -0.39 is 0 Å². The lowest BCUT2D eigenvalue weighted by Crippen LogP contribution is -2.12. The van der Waals surface area contributed by atoms with Gasteiger partial charge in [0.15, 0.2) is 0 Å². The Morgan fingerprint density at radius 3 is 2.68 bits per heavy atom. The molecule has 7 nitrogen and oxygen atoms in total.